The predicted molar refractivity (Wildman–Crippen MR) is 104 cm³/mol. The van der Waals surface area contributed by atoms with Crippen LogP contribution in [0.2, 0.25) is 0 Å². The first kappa shape index (κ1) is 18.9. The van der Waals surface area contributed by atoms with Crippen LogP contribution in [0.25, 0.3) is 5.69 Å². The molecule has 29 heavy (non-hydrogen) atoms. The lowest BCUT2D eigenvalue weighted by Gasteiger charge is -2.30. The van der Waals surface area contributed by atoms with Crippen LogP contribution in [0.1, 0.15) is 24.4 Å². The number of Topliss-reactive ketones (excluding diaryl/α,β-unsaturated/α-hetero) is 1. The molecular formula is C20H22N5O4+. The average Bonchev–Trinajstić information content (AvgIpc) is 3.19. The van der Waals surface area contributed by atoms with Crippen molar-refractivity contribution in [1.82, 2.24) is 14.4 Å². The fourth-order valence-corrected chi connectivity index (χ4v) is 3.75. The molecular weight excluding hydrogens is 374 g/mol. The molecule has 2 aromatic rings. The number of urea groups is 1. The Balaban J connectivity index is 1.91. The summed E-state index contributed by atoms with van der Waals surface area (Å²) in [5.41, 5.74) is 2.45. The Labute approximate surface area is 167 Å². The number of ether oxygens (including phenoxy) is 1. The molecule has 1 saturated heterocycles. The zero-order valence-corrected chi connectivity index (χ0v) is 17.0. The number of carbonyl (C=O) groups excluding carboxylic acids is 3. The van der Waals surface area contributed by atoms with Gasteiger partial charge >= 0.3 is 12.0 Å². The predicted octanol–water partition coefficient (Wildman–Crippen LogP) is 1.46. The minimum atomic E-state index is -0.692. The zero-order valence-electron chi connectivity index (χ0n) is 17.0. The lowest BCUT2D eigenvalue weighted by molar-refractivity contribution is -0.682. The van der Waals surface area contributed by atoms with Gasteiger partial charge in [0.15, 0.2) is 11.5 Å². The number of hydrogen-bond donors (Lipinski definition) is 0. The lowest BCUT2D eigenvalue weighted by atomic mass is 10.1. The fourth-order valence-electron chi connectivity index (χ4n) is 3.75. The van der Waals surface area contributed by atoms with Gasteiger partial charge in [-0.05, 0) is 32.9 Å². The number of ketones is 1. The van der Waals surface area contributed by atoms with Crippen molar-refractivity contribution >= 4 is 29.5 Å². The van der Waals surface area contributed by atoms with E-state index in [2.05, 4.69) is 4.99 Å². The molecule has 2 aliphatic heterocycles. The number of rotatable bonds is 4. The first-order valence-electron chi connectivity index (χ1n) is 9.23. The number of imide groups is 1. The highest BCUT2D eigenvalue weighted by Gasteiger charge is 2.53. The van der Waals surface area contributed by atoms with E-state index in [1.807, 2.05) is 41.2 Å². The van der Waals surface area contributed by atoms with Gasteiger partial charge in [0.2, 0.25) is 11.9 Å². The number of fused-ring (bicyclic) bond motifs is 3. The summed E-state index contributed by atoms with van der Waals surface area (Å²) >= 11 is 0. The van der Waals surface area contributed by atoms with Crippen LogP contribution in [0.15, 0.2) is 29.3 Å². The molecule has 9 heteroatoms. The topological polar surface area (TPSA) is 88.1 Å². The van der Waals surface area contributed by atoms with E-state index in [0.29, 0.717) is 23.2 Å². The molecule has 3 heterocycles. The monoisotopic (exact) mass is 396 g/mol. The Bertz CT molecular complexity index is 1100. The summed E-state index contributed by atoms with van der Waals surface area (Å²) in [6, 6.07) is 6.24. The number of amides is 3. The highest BCUT2D eigenvalue weighted by atomic mass is 16.5. The quantitative estimate of drug-likeness (QED) is 0.732. The van der Waals surface area contributed by atoms with Crippen LogP contribution in [0.5, 0.6) is 5.75 Å². The van der Waals surface area contributed by atoms with Crippen molar-refractivity contribution in [3.8, 4) is 11.4 Å². The number of aliphatic imine (C=N–C) groups is 1. The van der Waals surface area contributed by atoms with E-state index in [1.54, 1.807) is 13.1 Å². The largest absolute Gasteiger partial charge is 0.482 e. The third-order valence-electron chi connectivity index (χ3n) is 5.37. The Hall–Kier alpha value is -3.49. The molecule has 4 rings (SSSR count). The van der Waals surface area contributed by atoms with Gasteiger partial charge in [0.05, 0.1) is 0 Å². The Morgan fingerprint density at radius 3 is 2.55 bits per heavy atom. The van der Waals surface area contributed by atoms with Gasteiger partial charge < -0.3 is 4.74 Å². The maximum atomic E-state index is 12.9. The zero-order chi connectivity index (χ0) is 21.0. The smallest absolute Gasteiger partial charge is 0.407 e. The molecule has 0 saturated carbocycles. The lowest BCUT2D eigenvalue weighted by Crippen LogP contribution is -2.62. The van der Waals surface area contributed by atoms with Crippen molar-refractivity contribution in [3.05, 3.63) is 35.7 Å². The third kappa shape index (κ3) is 2.65. The minimum absolute atomic E-state index is 0.0384. The van der Waals surface area contributed by atoms with Crippen LogP contribution in [0, 0.1) is 13.8 Å². The second-order valence-electron chi connectivity index (χ2n) is 7.25. The van der Waals surface area contributed by atoms with E-state index >= 15 is 0 Å². The standard InChI is InChI=1S/C20H22N5O4/c1-11(26)10-29-15-9-7-6-8-14(15)24-12(2)13(3)25-16-17(21-19(24)25)22(4)20(28)23(5)18(16)27/h6-9,16H,10H2,1-5H3/q+1. The SMILES string of the molecule is CC(=O)COc1ccccc1-n1c(C)c(C)[n+]2c1N=C1C2C(=O)N(C)C(=O)N1C. The van der Waals surface area contributed by atoms with Crippen LogP contribution in [0.3, 0.4) is 0 Å². The van der Waals surface area contributed by atoms with Crippen molar-refractivity contribution in [2.24, 2.45) is 4.99 Å². The highest BCUT2D eigenvalue weighted by Crippen LogP contribution is 2.35. The average molecular weight is 396 g/mol. The summed E-state index contributed by atoms with van der Waals surface area (Å²) in [4.78, 5) is 43.8. The van der Waals surface area contributed by atoms with Crippen LogP contribution in [-0.2, 0) is 9.59 Å². The second-order valence-corrected chi connectivity index (χ2v) is 7.25. The molecule has 0 bridgehead atoms. The third-order valence-corrected chi connectivity index (χ3v) is 5.37. The summed E-state index contributed by atoms with van der Waals surface area (Å²) in [5.74, 6) is 1.05. The molecule has 1 fully saturated rings. The van der Waals surface area contributed by atoms with Gasteiger partial charge in [-0.2, -0.15) is 4.57 Å². The number of hydrogen-bond acceptors (Lipinski definition) is 5. The van der Waals surface area contributed by atoms with Crippen molar-refractivity contribution in [3.63, 3.8) is 0 Å². The first-order chi connectivity index (χ1) is 13.7. The summed E-state index contributed by atoms with van der Waals surface area (Å²) in [7, 11) is 3.08. The van der Waals surface area contributed by atoms with Gasteiger partial charge in [0, 0.05) is 14.1 Å². The molecule has 1 aromatic heterocycles. The highest BCUT2D eigenvalue weighted by molar-refractivity contribution is 6.18. The molecule has 150 valence electrons. The Morgan fingerprint density at radius 2 is 1.86 bits per heavy atom. The molecule has 0 N–H and O–H groups in total. The molecule has 2 aliphatic rings. The maximum absolute atomic E-state index is 12.9. The summed E-state index contributed by atoms with van der Waals surface area (Å²) in [5, 5.41) is 0. The van der Waals surface area contributed by atoms with Crippen LogP contribution in [0.4, 0.5) is 10.7 Å². The van der Waals surface area contributed by atoms with Crippen molar-refractivity contribution in [2.75, 3.05) is 20.7 Å². The van der Waals surface area contributed by atoms with E-state index in [9.17, 15) is 14.4 Å². The Morgan fingerprint density at radius 1 is 1.17 bits per heavy atom. The van der Waals surface area contributed by atoms with Gasteiger partial charge in [-0.1, -0.05) is 17.1 Å². The number of amidine groups is 1. The Kier molecular flexibility index (Phi) is 4.25. The van der Waals surface area contributed by atoms with Crippen LogP contribution >= 0.6 is 0 Å². The molecule has 0 aliphatic carbocycles. The van der Waals surface area contributed by atoms with Crippen LogP contribution in [-0.4, -0.2) is 58.6 Å². The van der Waals surface area contributed by atoms with Gasteiger partial charge in [-0.25, -0.2) is 9.36 Å². The fraction of sp³-hybridized carbons (Fsp3) is 0.350. The molecule has 0 radical (unpaired) electrons. The number of nitrogens with zero attached hydrogens (tertiary/aromatic N) is 5. The number of likely N-dealkylation sites (N-methyl/N-ethyl adjacent to an activating group) is 2. The van der Waals surface area contributed by atoms with Gasteiger partial charge in [-0.3, -0.25) is 19.4 Å². The molecule has 1 unspecified atom stereocenters. The summed E-state index contributed by atoms with van der Waals surface area (Å²) < 4.78 is 9.44. The number of aromatic nitrogens is 2. The van der Waals surface area contributed by atoms with Crippen molar-refractivity contribution in [1.29, 1.82) is 0 Å². The van der Waals surface area contributed by atoms with E-state index < -0.39 is 12.1 Å². The second kappa shape index (κ2) is 6.54. The van der Waals surface area contributed by atoms with E-state index in [0.717, 1.165) is 16.3 Å². The molecule has 9 nitrogen and oxygen atoms in total. The molecule has 1 atom stereocenters. The minimum Gasteiger partial charge on any atom is -0.482 e. The number of para-hydroxylation sites is 2. The van der Waals surface area contributed by atoms with Gasteiger partial charge in [0.25, 0.3) is 5.91 Å². The van der Waals surface area contributed by atoms with E-state index in [-0.39, 0.29) is 18.3 Å². The summed E-state index contributed by atoms with van der Waals surface area (Å²) in [6.45, 7) is 5.27. The molecule has 3 amide bonds. The number of carbonyl (C=O) groups is 3. The molecule has 1 aromatic carbocycles. The maximum Gasteiger partial charge on any atom is 0.407 e. The number of imidazole rings is 1. The van der Waals surface area contributed by atoms with Crippen LogP contribution < -0.4 is 9.30 Å². The van der Waals surface area contributed by atoms with Crippen molar-refractivity contribution < 1.29 is 23.7 Å². The van der Waals surface area contributed by atoms with Crippen molar-refractivity contribution in [2.45, 2.75) is 26.8 Å². The van der Waals surface area contributed by atoms with E-state index in [4.69, 9.17) is 4.74 Å². The van der Waals surface area contributed by atoms with E-state index in [1.165, 1.54) is 18.9 Å². The number of benzene rings is 1. The summed E-state index contributed by atoms with van der Waals surface area (Å²) in [6.07, 6.45) is 0. The van der Waals surface area contributed by atoms with Gasteiger partial charge in [0.1, 0.15) is 23.7 Å². The normalized spacial score (nSPS) is 18.0. The first-order valence-corrected chi connectivity index (χ1v) is 9.23. The van der Waals surface area contributed by atoms with Gasteiger partial charge in [-0.15, -0.1) is 0 Å². The molecule has 0 spiro atoms.